The van der Waals surface area contributed by atoms with Gasteiger partial charge in [-0.05, 0) is 50.7 Å². The molecule has 3 nitrogen and oxygen atoms in total. The van der Waals surface area contributed by atoms with E-state index < -0.39 is 0 Å². The largest absolute Gasteiger partial charge is 0.304 e. The Morgan fingerprint density at radius 3 is 1.88 bits per heavy atom. The zero-order valence-corrected chi connectivity index (χ0v) is 11.2. The fourth-order valence-corrected chi connectivity index (χ4v) is 3.21. The molecule has 0 bridgehead atoms. The van der Waals surface area contributed by atoms with E-state index in [0.717, 1.165) is 0 Å². The summed E-state index contributed by atoms with van der Waals surface area (Å²) in [6, 6.07) is 0. The Balaban J connectivity index is 1.84. The molecule has 0 atom stereocenters. The number of hydrazine groups is 1. The Hall–Kier alpha value is -0.120. The average Bonchev–Trinajstić information content (AvgIpc) is 2.31. The van der Waals surface area contributed by atoms with Gasteiger partial charge in [-0.1, -0.05) is 6.92 Å². The van der Waals surface area contributed by atoms with Crippen LogP contribution in [0.3, 0.4) is 0 Å². The van der Waals surface area contributed by atoms with Gasteiger partial charge < -0.3 is 4.90 Å². The highest BCUT2D eigenvalue weighted by Crippen LogP contribution is 2.41. The van der Waals surface area contributed by atoms with E-state index in [0.29, 0.717) is 5.41 Å². The number of hydrogen-bond acceptors (Lipinski definition) is 3. The summed E-state index contributed by atoms with van der Waals surface area (Å²) >= 11 is 0. The van der Waals surface area contributed by atoms with Gasteiger partial charge >= 0.3 is 0 Å². The van der Waals surface area contributed by atoms with Gasteiger partial charge in [0.1, 0.15) is 0 Å². The zero-order chi connectivity index (χ0) is 11.6. The minimum Gasteiger partial charge on any atom is -0.304 e. The molecule has 0 aromatic carbocycles. The Bertz CT molecular complexity index is 209. The third-order valence-electron chi connectivity index (χ3n) is 4.73. The molecule has 2 aliphatic rings. The topological polar surface area (TPSA) is 9.72 Å². The zero-order valence-electron chi connectivity index (χ0n) is 11.2. The van der Waals surface area contributed by atoms with Crippen LogP contribution in [0.25, 0.3) is 0 Å². The van der Waals surface area contributed by atoms with E-state index >= 15 is 0 Å². The number of nitrogens with zero attached hydrogens (tertiary/aromatic N) is 3. The lowest BCUT2D eigenvalue weighted by atomic mass is 9.71. The maximum absolute atomic E-state index is 2.60. The maximum Gasteiger partial charge on any atom is 0.0138 e. The normalized spacial score (nSPS) is 27.8. The third-order valence-corrected chi connectivity index (χ3v) is 4.73. The molecule has 0 radical (unpaired) electrons. The lowest BCUT2D eigenvalue weighted by Gasteiger charge is -2.47. The summed E-state index contributed by atoms with van der Waals surface area (Å²) < 4.78 is 0. The minimum atomic E-state index is 0.693. The molecule has 16 heavy (non-hydrogen) atoms. The molecular weight excluding hydrogens is 198 g/mol. The molecule has 3 heteroatoms. The van der Waals surface area contributed by atoms with Gasteiger partial charge in [-0.3, -0.25) is 0 Å². The van der Waals surface area contributed by atoms with Crippen molar-refractivity contribution in [3.05, 3.63) is 0 Å². The van der Waals surface area contributed by atoms with E-state index in [-0.39, 0.29) is 0 Å². The van der Waals surface area contributed by atoms with Gasteiger partial charge in [-0.15, -0.1) is 0 Å². The third kappa shape index (κ3) is 2.58. The molecule has 0 amide bonds. The summed E-state index contributed by atoms with van der Waals surface area (Å²) in [7, 11) is 4.33. The van der Waals surface area contributed by atoms with Crippen molar-refractivity contribution in [2.45, 2.75) is 32.6 Å². The molecule has 0 aliphatic carbocycles. The van der Waals surface area contributed by atoms with Crippen LogP contribution >= 0.6 is 0 Å². The summed E-state index contributed by atoms with van der Waals surface area (Å²) in [6.45, 7) is 8.71. The first-order chi connectivity index (χ1) is 7.65. The van der Waals surface area contributed by atoms with Gasteiger partial charge in [0, 0.05) is 27.2 Å². The predicted octanol–water partition coefficient (Wildman–Crippen LogP) is 1.66. The molecule has 0 unspecified atom stereocenters. The van der Waals surface area contributed by atoms with Crippen LogP contribution in [-0.4, -0.2) is 61.7 Å². The van der Waals surface area contributed by atoms with Crippen LogP contribution in [0, 0.1) is 5.41 Å². The number of likely N-dealkylation sites (tertiary alicyclic amines) is 1. The molecule has 0 aromatic heterocycles. The van der Waals surface area contributed by atoms with Crippen LogP contribution in [0.4, 0.5) is 0 Å². The fraction of sp³-hybridized carbons (Fsp3) is 1.00. The smallest absolute Gasteiger partial charge is 0.0138 e. The highest BCUT2D eigenvalue weighted by Gasteiger charge is 2.37. The molecule has 2 rings (SSSR count). The number of hydrogen-bond donors (Lipinski definition) is 0. The Labute approximate surface area is 100 Å². The van der Waals surface area contributed by atoms with Gasteiger partial charge in [-0.2, -0.15) is 0 Å². The summed E-state index contributed by atoms with van der Waals surface area (Å²) in [5, 5.41) is 4.74. The molecule has 2 saturated heterocycles. The molecular formula is C13H27N3. The van der Waals surface area contributed by atoms with Crippen molar-refractivity contribution in [2.75, 3.05) is 46.8 Å². The molecule has 2 aliphatic heterocycles. The Morgan fingerprint density at radius 1 is 0.938 bits per heavy atom. The first kappa shape index (κ1) is 12.3. The second-order valence-electron chi connectivity index (χ2n) is 5.74. The standard InChI is InChI=1S/C13H27N3/c1-4-15-9-5-13(6-10-15)7-11-16(12-8-13)14(2)3/h4-12H2,1-3H3. The Kier molecular flexibility index (Phi) is 3.88. The highest BCUT2D eigenvalue weighted by atomic mass is 15.6. The van der Waals surface area contributed by atoms with Gasteiger partial charge in [-0.25, -0.2) is 10.0 Å². The van der Waals surface area contributed by atoms with Gasteiger partial charge in [0.05, 0.1) is 0 Å². The van der Waals surface area contributed by atoms with Crippen molar-refractivity contribution in [1.82, 2.24) is 14.9 Å². The summed E-state index contributed by atoms with van der Waals surface area (Å²) in [4.78, 5) is 2.60. The average molecular weight is 225 g/mol. The van der Waals surface area contributed by atoms with E-state index in [1.165, 1.54) is 58.4 Å². The van der Waals surface area contributed by atoms with Crippen LogP contribution < -0.4 is 0 Å². The van der Waals surface area contributed by atoms with Crippen LogP contribution in [0.1, 0.15) is 32.6 Å². The van der Waals surface area contributed by atoms with Crippen molar-refractivity contribution < 1.29 is 0 Å². The monoisotopic (exact) mass is 225 g/mol. The summed E-state index contributed by atoms with van der Waals surface area (Å²) in [5.74, 6) is 0. The van der Waals surface area contributed by atoms with E-state index in [1.54, 1.807) is 0 Å². The molecule has 0 saturated carbocycles. The van der Waals surface area contributed by atoms with Gasteiger partial charge in [0.15, 0.2) is 0 Å². The molecule has 94 valence electrons. The number of piperidine rings is 2. The van der Waals surface area contributed by atoms with Crippen LogP contribution in [0.15, 0.2) is 0 Å². The van der Waals surface area contributed by atoms with E-state index in [4.69, 9.17) is 0 Å². The van der Waals surface area contributed by atoms with E-state index in [1.807, 2.05) is 0 Å². The SMILES string of the molecule is CCN1CCC2(CC1)CCN(N(C)C)CC2. The first-order valence-electron chi connectivity index (χ1n) is 6.80. The van der Waals surface area contributed by atoms with Crippen molar-refractivity contribution in [2.24, 2.45) is 5.41 Å². The van der Waals surface area contributed by atoms with Crippen molar-refractivity contribution >= 4 is 0 Å². The molecule has 0 aromatic rings. The second-order valence-corrected chi connectivity index (χ2v) is 5.74. The van der Waals surface area contributed by atoms with Gasteiger partial charge in [0.2, 0.25) is 0 Å². The lowest BCUT2D eigenvalue weighted by molar-refractivity contribution is -0.0495. The Morgan fingerprint density at radius 2 is 1.44 bits per heavy atom. The molecule has 0 N–H and O–H groups in total. The first-order valence-corrected chi connectivity index (χ1v) is 6.80. The highest BCUT2D eigenvalue weighted by molar-refractivity contribution is 4.89. The minimum absolute atomic E-state index is 0.693. The van der Waals surface area contributed by atoms with E-state index in [2.05, 4.69) is 35.9 Å². The van der Waals surface area contributed by atoms with Gasteiger partial charge in [0.25, 0.3) is 0 Å². The van der Waals surface area contributed by atoms with Crippen LogP contribution in [0.5, 0.6) is 0 Å². The summed E-state index contributed by atoms with van der Waals surface area (Å²) in [6.07, 6.45) is 5.68. The second kappa shape index (κ2) is 5.03. The lowest BCUT2D eigenvalue weighted by Crippen LogP contribution is -2.50. The maximum atomic E-state index is 2.60. The molecule has 2 fully saturated rings. The van der Waals surface area contributed by atoms with Crippen molar-refractivity contribution in [1.29, 1.82) is 0 Å². The molecule has 1 spiro atoms. The van der Waals surface area contributed by atoms with Crippen molar-refractivity contribution in [3.8, 4) is 0 Å². The number of rotatable bonds is 2. The molecule has 2 heterocycles. The predicted molar refractivity (Wildman–Crippen MR) is 68.3 cm³/mol. The van der Waals surface area contributed by atoms with E-state index in [9.17, 15) is 0 Å². The van der Waals surface area contributed by atoms with Crippen LogP contribution in [0.2, 0.25) is 0 Å². The summed E-state index contributed by atoms with van der Waals surface area (Å²) in [5.41, 5.74) is 0.693. The fourth-order valence-electron chi connectivity index (χ4n) is 3.21. The quantitative estimate of drug-likeness (QED) is 0.708. The van der Waals surface area contributed by atoms with Crippen LogP contribution in [-0.2, 0) is 0 Å². The van der Waals surface area contributed by atoms with Crippen molar-refractivity contribution in [3.63, 3.8) is 0 Å².